The van der Waals surface area contributed by atoms with Crippen LogP contribution in [0.5, 0.6) is 0 Å². The van der Waals surface area contributed by atoms with Crippen molar-refractivity contribution in [1.82, 2.24) is 9.55 Å². The van der Waals surface area contributed by atoms with Crippen molar-refractivity contribution in [2.75, 3.05) is 0 Å². The summed E-state index contributed by atoms with van der Waals surface area (Å²) in [7, 11) is 0. The van der Waals surface area contributed by atoms with Gasteiger partial charge < -0.3 is 4.57 Å². The van der Waals surface area contributed by atoms with Crippen LogP contribution in [-0.4, -0.2) is 15.8 Å². The molecule has 0 bridgehead atoms. The standard InChI is InChI=1S/C16H18N2O/c19-12-14-11-18(15-9-5-2-6-10-15)16(17-14)13-7-3-1-4-8-13/h1,3-4,7-8,11-12,15H,2,5-6,9-10H2. The number of aldehydes is 1. The minimum absolute atomic E-state index is 0.491. The fourth-order valence-corrected chi connectivity index (χ4v) is 2.91. The Labute approximate surface area is 113 Å². The van der Waals surface area contributed by atoms with Gasteiger partial charge in [0.05, 0.1) is 0 Å². The van der Waals surface area contributed by atoms with Crippen molar-refractivity contribution in [1.29, 1.82) is 0 Å². The van der Waals surface area contributed by atoms with Crippen LogP contribution in [0.25, 0.3) is 11.4 Å². The molecule has 0 saturated heterocycles. The third-order valence-electron chi connectivity index (χ3n) is 3.87. The molecule has 1 saturated carbocycles. The summed E-state index contributed by atoms with van der Waals surface area (Å²) in [5.41, 5.74) is 1.62. The third-order valence-corrected chi connectivity index (χ3v) is 3.87. The number of imidazole rings is 1. The molecule has 0 N–H and O–H groups in total. The van der Waals surface area contributed by atoms with E-state index in [1.807, 2.05) is 24.4 Å². The summed E-state index contributed by atoms with van der Waals surface area (Å²) in [6.45, 7) is 0. The fraction of sp³-hybridized carbons (Fsp3) is 0.375. The Morgan fingerprint density at radius 1 is 1.11 bits per heavy atom. The Morgan fingerprint density at radius 2 is 1.84 bits per heavy atom. The lowest BCUT2D eigenvalue weighted by atomic mass is 9.95. The molecule has 0 radical (unpaired) electrons. The molecule has 1 heterocycles. The topological polar surface area (TPSA) is 34.9 Å². The van der Waals surface area contributed by atoms with Gasteiger partial charge in [0.25, 0.3) is 0 Å². The Kier molecular flexibility index (Phi) is 3.45. The molecule has 19 heavy (non-hydrogen) atoms. The van der Waals surface area contributed by atoms with Crippen LogP contribution in [0, 0.1) is 0 Å². The Morgan fingerprint density at radius 3 is 2.53 bits per heavy atom. The number of carbonyl (C=O) groups is 1. The predicted octanol–water partition coefficient (Wildman–Crippen LogP) is 3.87. The van der Waals surface area contributed by atoms with Gasteiger partial charge in [-0.3, -0.25) is 4.79 Å². The van der Waals surface area contributed by atoms with Gasteiger partial charge >= 0.3 is 0 Å². The molecule has 1 aliphatic rings. The van der Waals surface area contributed by atoms with Crippen LogP contribution in [-0.2, 0) is 0 Å². The number of carbonyl (C=O) groups excluding carboxylic acids is 1. The Bertz CT molecular complexity index is 553. The van der Waals surface area contributed by atoms with Gasteiger partial charge in [-0.15, -0.1) is 0 Å². The third kappa shape index (κ3) is 2.46. The van der Waals surface area contributed by atoms with Gasteiger partial charge in [0, 0.05) is 17.8 Å². The van der Waals surface area contributed by atoms with E-state index >= 15 is 0 Å². The van der Waals surface area contributed by atoms with E-state index in [1.54, 1.807) is 0 Å². The Balaban J connectivity index is 2.02. The largest absolute Gasteiger partial charge is 0.327 e. The first kappa shape index (κ1) is 12.2. The first-order chi connectivity index (χ1) is 9.38. The highest BCUT2D eigenvalue weighted by Crippen LogP contribution is 2.32. The molecule has 1 aliphatic carbocycles. The fourth-order valence-electron chi connectivity index (χ4n) is 2.91. The van der Waals surface area contributed by atoms with Gasteiger partial charge in [-0.2, -0.15) is 0 Å². The van der Waals surface area contributed by atoms with E-state index in [0.717, 1.165) is 17.7 Å². The smallest absolute Gasteiger partial charge is 0.170 e. The van der Waals surface area contributed by atoms with Crippen LogP contribution in [0.2, 0.25) is 0 Å². The molecule has 98 valence electrons. The molecule has 2 aromatic rings. The molecule has 3 heteroatoms. The van der Waals surface area contributed by atoms with E-state index in [9.17, 15) is 4.79 Å². The van der Waals surface area contributed by atoms with Crippen molar-refractivity contribution in [3.63, 3.8) is 0 Å². The lowest BCUT2D eigenvalue weighted by molar-refractivity contribution is 0.111. The minimum atomic E-state index is 0.491. The summed E-state index contributed by atoms with van der Waals surface area (Å²) in [6.07, 6.45) is 8.99. The number of aromatic nitrogens is 2. The zero-order valence-electron chi connectivity index (χ0n) is 11.0. The summed E-state index contributed by atoms with van der Waals surface area (Å²) in [6, 6.07) is 10.6. The number of rotatable bonds is 3. The van der Waals surface area contributed by atoms with Crippen LogP contribution < -0.4 is 0 Å². The van der Waals surface area contributed by atoms with Crippen LogP contribution in [0.1, 0.15) is 48.6 Å². The van der Waals surface area contributed by atoms with Crippen molar-refractivity contribution >= 4 is 6.29 Å². The predicted molar refractivity (Wildman–Crippen MR) is 75.2 cm³/mol. The van der Waals surface area contributed by atoms with E-state index in [4.69, 9.17) is 0 Å². The van der Waals surface area contributed by atoms with Crippen LogP contribution in [0.15, 0.2) is 36.5 Å². The van der Waals surface area contributed by atoms with E-state index in [2.05, 4.69) is 21.7 Å². The number of hydrogen-bond acceptors (Lipinski definition) is 2. The maximum absolute atomic E-state index is 11.0. The highest BCUT2D eigenvalue weighted by Gasteiger charge is 2.20. The van der Waals surface area contributed by atoms with Gasteiger partial charge in [0.15, 0.2) is 6.29 Å². The van der Waals surface area contributed by atoms with Crippen molar-refractivity contribution in [2.45, 2.75) is 38.1 Å². The molecule has 0 unspecified atom stereocenters. The highest BCUT2D eigenvalue weighted by molar-refractivity contribution is 5.73. The lowest BCUT2D eigenvalue weighted by Gasteiger charge is -2.24. The lowest BCUT2D eigenvalue weighted by Crippen LogP contribution is -2.13. The highest BCUT2D eigenvalue weighted by atomic mass is 16.1. The molecule has 0 amide bonds. The first-order valence-corrected chi connectivity index (χ1v) is 6.98. The minimum Gasteiger partial charge on any atom is -0.327 e. The molecular weight excluding hydrogens is 236 g/mol. The quantitative estimate of drug-likeness (QED) is 0.779. The SMILES string of the molecule is O=Cc1cn(C2CCCCC2)c(-c2ccccc2)n1. The molecule has 0 aliphatic heterocycles. The average Bonchev–Trinajstić information content (AvgIpc) is 2.93. The summed E-state index contributed by atoms with van der Waals surface area (Å²) < 4.78 is 2.21. The number of hydrogen-bond donors (Lipinski definition) is 0. The van der Waals surface area contributed by atoms with E-state index in [-0.39, 0.29) is 0 Å². The molecule has 1 aromatic carbocycles. The zero-order chi connectivity index (χ0) is 13.1. The average molecular weight is 254 g/mol. The molecule has 1 aromatic heterocycles. The molecule has 0 atom stereocenters. The van der Waals surface area contributed by atoms with Crippen LogP contribution in [0.3, 0.4) is 0 Å². The van der Waals surface area contributed by atoms with Crippen molar-refractivity contribution in [3.05, 3.63) is 42.2 Å². The molecule has 3 nitrogen and oxygen atoms in total. The maximum Gasteiger partial charge on any atom is 0.170 e. The van der Waals surface area contributed by atoms with E-state index in [1.165, 1.54) is 32.1 Å². The second-order valence-electron chi connectivity index (χ2n) is 5.17. The summed E-state index contributed by atoms with van der Waals surface area (Å²) in [5.74, 6) is 0.926. The second-order valence-corrected chi connectivity index (χ2v) is 5.17. The van der Waals surface area contributed by atoms with E-state index in [0.29, 0.717) is 11.7 Å². The zero-order valence-corrected chi connectivity index (χ0v) is 11.0. The monoisotopic (exact) mass is 254 g/mol. The first-order valence-electron chi connectivity index (χ1n) is 6.98. The summed E-state index contributed by atoms with van der Waals surface area (Å²) in [4.78, 5) is 15.5. The molecule has 0 spiro atoms. The van der Waals surface area contributed by atoms with Crippen LogP contribution >= 0.6 is 0 Å². The van der Waals surface area contributed by atoms with Gasteiger partial charge in [-0.1, -0.05) is 49.6 Å². The molecular formula is C16H18N2O. The van der Waals surface area contributed by atoms with Gasteiger partial charge in [-0.05, 0) is 12.8 Å². The van der Waals surface area contributed by atoms with E-state index < -0.39 is 0 Å². The number of benzene rings is 1. The summed E-state index contributed by atoms with van der Waals surface area (Å²) in [5, 5.41) is 0. The van der Waals surface area contributed by atoms with Crippen molar-refractivity contribution in [2.24, 2.45) is 0 Å². The van der Waals surface area contributed by atoms with Crippen molar-refractivity contribution in [3.8, 4) is 11.4 Å². The molecule has 3 rings (SSSR count). The maximum atomic E-state index is 11.0. The summed E-state index contributed by atoms with van der Waals surface area (Å²) >= 11 is 0. The van der Waals surface area contributed by atoms with Gasteiger partial charge in [-0.25, -0.2) is 4.98 Å². The van der Waals surface area contributed by atoms with Gasteiger partial charge in [0.1, 0.15) is 11.5 Å². The number of nitrogens with zero attached hydrogens (tertiary/aromatic N) is 2. The van der Waals surface area contributed by atoms with Gasteiger partial charge in [0.2, 0.25) is 0 Å². The molecule has 1 fully saturated rings. The van der Waals surface area contributed by atoms with Crippen LogP contribution in [0.4, 0.5) is 0 Å². The Hall–Kier alpha value is -1.90. The normalized spacial score (nSPS) is 16.4. The second kappa shape index (κ2) is 5.39. The van der Waals surface area contributed by atoms with Crippen molar-refractivity contribution < 1.29 is 4.79 Å².